The van der Waals surface area contributed by atoms with E-state index in [0.29, 0.717) is 39.7 Å². The van der Waals surface area contributed by atoms with Gasteiger partial charge < -0.3 is 20.1 Å². The number of imidazole rings is 1. The summed E-state index contributed by atoms with van der Waals surface area (Å²) in [6.07, 6.45) is 4.50. The Bertz CT molecular complexity index is 1650. The minimum absolute atomic E-state index is 0.0914. The summed E-state index contributed by atoms with van der Waals surface area (Å²) in [5, 5.41) is -0.0914. The predicted molar refractivity (Wildman–Crippen MR) is 151 cm³/mol. The number of fused-ring (bicyclic) bond motifs is 1. The molecule has 1 aliphatic heterocycles. The number of carbonyl (C=O) groups excluding carboxylic acids is 2. The van der Waals surface area contributed by atoms with Crippen LogP contribution in [0.15, 0.2) is 36.8 Å². The topological polar surface area (TPSA) is 125 Å². The highest BCUT2D eigenvalue weighted by Crippen LogP contribution is 2.44. The van der Waals surface area contributed by atoms with E-state index < -0.39 is 5.82 Å². The molecule has 0 spiro atoms. The lowest BCUT2D eigenvalue weighted by Gasteiger charge is -2.37. The average molecular weight is 581 g/mol. The zero-order valence-electron chi connectivity index (χ0n) is 23.3. The van der Waals surface area contributed by atoms with Crippen LogP contribution < -0.4 is 10.5 Å². The van der Waals surface area contributed by atoms with Gasteiger partial charge in [0, 0.05) is 48.7 Å². The van der Waals surface area contributed by atoms with Crippen molar-refractivity contribution in [2.24, 2.45) is 5.92 Å². The molecule has 41 heavy (non-hydrogen) atoms. The summed E-state index contributed by atoms with van der Waals surface area (Å²) in [5.41, 5.74) is 8.84. The Hall–Kier alpha value is -4.25. The number of halogens is 2. The van der Waals surface area contributed by atoms with E-state index in [1.54, 1.807) is 24.5 Å². The molecule has 0 unspecified atom stereocenters. The van der Waals surface area contributed by atoms with Gasteiger partial charge in [0.25, 0.3) is 5.91 Å². The number of anilines is 1. The number of ether oxygens (including phenoxy) is 2. The molecule has 1 aliphatic rings. The smallest absolute Gasteiger partial charge is 0.312 e. The van der Waals surface area contributed by atoms with E-state index >= 15 is 4.39 Å². The van der Waals surface area contributed by atoms with Crippen LogP contribution in [0.3, 0.4) is 0 Å². The van der Waals surface area contributed by atoms with Crippen LogP contribution in [0.5, 0.6) is 5.75 Å². The average Bonchev–Trinajstić information content (AvgIpc) is 3.26. The minimum Gasteiger partial charge on any atom is -0.490 e. The lowest BCUT2D eigenvalue weighted by Crippen LogP contribution is -2.53. The van der Waals surface area contributed by atoms with Crippen molar-refractivity contribution in [3.8, 4) is 16.9 Å². The first-order valence-electron chi connectivity index (χ1n) is 13.1. The molecule has 1 saturated heterocycles. The zero-order valence-corrected chi connectivity index (χ0v) is 24.1. The summed E-state index contributed by atoms with van der Waals surface area (Å²) in [4.78, 5) is 39.3. The lowest BCUT2D eigenvalue weighted by atomic mass is 9.93. The third kappa shape index (κ3) is 5.06. The summed E-state index contributed by atoms with van der Waals surface area (Å²) >= 11 is 6.45. The fourth-order valence-electron chi connectivity index (χ4n) is 5.07. The van der Waals surface area contributed by atoms with E-state index in [0.717, 1.165) is 0 Å². The number of aromatic nitrogens is 4. The molecule has 0 bridgehead atoms. The highest BCUT2D eigenvalue weighted by molar-refractivity contribution is 6.31. The van der Waals surface area contributed by atoms with E-state index in [9.17, 15) is 9.59 Å². The van der Waals surface area contributed by atoms with Crippen LogP contribution in [-0.2, 0) is 9.53 Å². The first kappa shape index (κ1) is 28.3. The van der Waals surface area contributed by atoms with Gasteiger partial charge in [0.2, 0.25) is 0 Å². The van der Waals surface area contributed by atoms with Gasteiger partial charge in [0.1, 0.15) is 28.6 Å². The van der Waals surface area contributed by atoms with Crippen LogP contribution >= 0.6 is 11.6 Å². The summed E-state index contributed by atoms with van der Waals surface area (Å²) in [6, 6.07) is 4.68. The number of nitrogens with zero attached hydrogens (tertiary/aromatic N) is 5. The Kier molecular flexibility index (Phi) is 7.56. The van der Waals surface area contributed by atoms with Crippen molar-refractivity contribution in [3.05, 3.63) is 70.4 Å². The minimum atomic E-state index is -0.666. The number of carbonyl (C=O) groups is 2. The standard InChI is InChI=1S/C29H30ClFN6O4/c1-14(2)41-25-19(15(3)27-35-16(4)24-26(32)33-8-9-37(24)27)10-20(30)23(31)22(25)17-6-7-21(34-11-17)28(38)36-12-18(13-36)29(39)40-5/h6-11,14-15,18H,12-13H2,1-5H3,(H2,32,33)/t15-/m0/s1. The monoisotopic (exact) mass is 580 g/mol. The molecule has 12 heteroatoms. The van der Waals surface area contributed by atoms with Gasteiger partial charge in [0.15, 0.2) is 5.82 Å². The van der Waals surface area contributed by atoms with Crippen molar-refractivity contribution >= 4 is 34.8 Å². The number of likely N-dealkylation sites (tertiary alicyclic amines) is 1. The van der Waals surface area contributed by atoms with Crippen molar-refractivity contribution in [1.29, 1.82) is 0 Å². The second-order valence-corrected chi connectivity index (χ2v) is 10.7. The maximum atomic E-state index is 15.8. The van der Waals surface area contributed by atoms with Gasteiger partial charge in [-0.15, -0.1) is 0 Å². The number of nitrogen functional groups attached to an aromatic ring is 1. The van der Waals surface area contributed by atoms with Gasteiger partial charge in [-0.2, -0.15) is 0 Å². The fraction of sp³-hybridized carbons (Fsp3) is 0.345. The number of hydrogen-bond donors (Lipinski definition) is 1. The van der Waals surface area contributed by atoms with Crippen LogP contribution in [0.4, 0.5) is 10.2 Å². The molecule has 0 saturated carbocycles. The van der Waals surface area contributed by atoms with Gasteiger partial charge >= 0.3 is 5.97 Å². The maximum Gasteiger partial charge on any atom is 0.312 e. The van der Waals surface area contributed by atoms with Crippen molar-refractivity contribution in [2.75, 3.05) is 25.9 Å². The summed E-state index contributed by atoms with van der Waals surface area (Å²) in [6.45, 7) is 7.99. The number of aryl methyl sites for hydroxylation is 1. The van der Waals surface area contributed by atoms with E-state index in [1.165, 1.54) is 24.3 Å². The van der Waals surface area contributed by atoms with Gasteiger partial charge in [-0.25, -0.2) is 14.4 Å². The maximum absolute atomic E-state index is 15.8. The largest absolute Gasteiger partial charge is 0.490 e. The van der Waals surface area contributed by atoms with Crippen molar-refractivity contribution in [2.45, 2.75) is 39.7 Å². The molecule has 10 nitrogen and oxygen atoms in total. The predicted octanol–water partition coefficient (Wildman–Crippen LogP) is 4.66. The summed E-state index contributed by atoms with van der Waals surface area (Å²) < 4.78 is 28.6. The number of nitrogens with two attached hydrogens (primary N) is 1. The third-order valence-electron chi connectivity index (χ3n) is 7.17. The molecule has 4 heterocycles. The molecule has 0 radical (unpaired) electrons. The number of benzene rings is 1. The van der Waals surface area contributed by atoms with Crippen molar-refractivity contribution < 1.29 is 23.5 Å². The lowest BCUT2D eigenvalue weighted by molar-refractivity contribution is -0.149. The number of methoxy groups -OCH3 is 1. The quantitative estimate of drug-likeness (QED) is 0.313. The van der Waals surface area contributed by atoms with Crippen molar-refractivity contribution in [3.63, 3.8) is 0 Å². The van der Waals surface area contributed by atoms with Crippen LogP contribution in [-0.4, -0.2) is 62.4 Å². The van der Waals surface area contributed by atoms with E-state index in [4.69, 9.17) is 31.8 Å². The molecule has 3 aromatic heterocycles. The first-order valence-corrected chi connectivity index (χ1v) is 13.5. The Morgan fingerprint density at radius 2 is 1.93 bits per heavy atom. The van der Waals surface area contributed by atoms with Crippen LogP contribution in [0, 0.1) is 18.7 Å². The Morgan fingerprint density at radius 1 is 1.20 bits per heavy atom. The Balaban J connectivity index is 1.55. The SMILES string of the molecule is COC(=O)C1CN(C(=O)c2ccc(-c3c(F)c(Cl)cc([C@H](C)c4nc(C)c5c(N)nccn45)c3OC(C)C)cn2)C1. The Labute approximate surface area is 241 Å². The van der Waals surface area contributed by atoms with Crippen LogP contribution in [0.25, 0.3) is 16.6 Å². The molecule has 1 amide bonds. The van der Waals surface area contributed by atoms with Gasteiger partial charge in [-0.05, 0) is 32.9 Å². The number of amides is 1. The third-order valence-corrected chi connectivity index (χ3v) is 7.44. The molecule has 2 N–H and O–H groups in total. The molecule has 1 aromatic carbocycles. The van der Waals surface area contributed by atoms with E-state index in [2.05, 4.69) is 9.97 Å². The summed E-state index contributed by atoms with van der Waals surface area (Å²) in [5.74, 6) is -0.757. The molecule has 1 atom stereocenters. The molecule has 1 fully saturated rings. The van der Waals surface area contributed by atoms with Gasteiger partial charge in [0.05, 0.1) is 35.4 Å². The number of hydrogen-bond acceptors (Lipinski definition) is 8. The van der Waals surface area contributed by atoms with E-state index in [1.807, 2.05) is 32.1 Å². The fourth-order valence-corrected chi connectivity index (χ4v) is 5.29. The molecule has 214 valence electrons. The highest BCUT2D eigenvalue weighted by atomic mass is 35.5. The molecule has 5 rings (SSSR count). The van der Waals surface area contributed by atoms with E-state index in [-0.39, 0.29) is 59.2 Å². The first-order chi connectivity index (χ1) is 19.5. The molecule has 0 aliphatic carbocycles. The number of esters is 1. The zero-order chi connectivity index (χ0) is 29.6. The summed E-state index contributed by atoms with van der Waals surface area (Å²) in [7, 11) is 1.32. The molecule has 4 aromatic rings. The second-order valence-electron chi connectivity index (χ2n) is 10.3. The number of pyridine rings is 1. The normalized spacial score (nSPS) is 14.3. The molecular formula is C29H30ClFN6O4. The Morgan fingerprint density at radius 3 is 2.56 bits per heavy atom. The van der Waals surface area contributed by atoms with Crippen LogP contribution in [0.1, 0.15) is 54.3 Å². The highest BCUT2D eigenvalue weighted by Gasteiger charge is 2.37. The van der Waals surface area contributed by atoms with Crippen LogP contribution in [0.2, 0.25) is 5.02 Å². The molecular weight excluding hydrogens is 551 g/mol. The van der Waals surface area contributed by atoms with Gasteiger partial charge in [-0.3, -0.25) is 19.0 Å². The van der Waals surface area contributed by atoms with Crippen molar-refractivity contribution in [1.82, 2.24) is 24.3 Å². The number of rotatable bonds is 7. The second kappa shape index (κ2) is 11.0. The van der Waals surface area contributed by atoms with Gasteiger partial charge in [-0.1, -0.05) is 24.6 Å².